The van der Waals surface area contributed by atoms with Crippen LogP contribution in [0.4, 0.5) is 22.7 Å². The predicted molar refractivity (Wildman–Crippen MR) is 246 cm³/mol. The zero-order valence-corrected chi connectivity index (χ0v) is 37.2. The van der Waals surface area contributed by atoms with Gasteiger partial charge in [0, 0.05) is 50.7 Å². The van der Waals surface area contributed by atoms with E-state index < -0.39 is 5.41 Å². The zero-order chi connectivity index (χ0) is 40.0. The van der Waals surface area contributed by atoms with Crippen LogP contribution in [-0.2, 0) is 26.5 Å². The van der Waals surface area contributed by atoms with E-state index >= 15 is 0 Å². The first kappa shape index (κ1) is 38.7. The Morgan fingerprint density at radius 2 is 1.25 bits per heavy atom. The van der Waals surface area contributed by atoms with Crippen molar-refractivity contribution >= 4 is 44.6 Å². The van der Waals surface area contributed by atoms with Crippen LogP contribution >= 0.6 is 0 Å². The molecule has 2 saturated carbocycles. The van der Waals surface area contributed by atoms with Gasteiger partial charge in [-0.15, -0.1) is 34.6 Å². The first-order valence-electron chi connectivity index (χ1n) is 22.3. The fourth-order valence-electron chi connectivity index (χ4n) is 11.5. The van der Waals surface area contributed by atoms with Crippen molar-refractivity contribution in [2.24, 2.45) is 11.8 Å². The largest absolute Gasteiger partial charge is 4.00 e. The summed E-state index contributed by atoms with van der Waals surface area (Å²) in [4.78, 5) is 9.68. The van der Waals surface area contributed by atoms with E-state index in [1.54, 1.807) is 0 Å². The number of hydrogen-bond acceptors (Lipinski definition) is 4. The predicted octanol–water partition coefficient (Wildman–Crippen LogP) is 13.0. The molecule has 0 saturated heterocycles. The molecule has 0 spiro atoms. The van der Waals surface area contributed by atoms with Crippen molar-refractivity contribution in [3.05, 3.63) is 188 Å². The van der Waals surface area contributed by atoms with Crippen molar-refractivity contribution in [1.29, 1.82) is 0 Å². The Morgan fingerprint density at radius 3 is 2.05 bits per heavy atom. The van der Waals surface area contributed by atoms with Crippen molar-refractivity contribution in [3.63, 3.8) is 0 Å². The Labute approximate surface area is 375 Å². The van der Waals surface area contributed by atoms with Crippen LogP contribution < -0.4 is 14.7 Å². The molecule has 61 heavy (non-hydrogen) atoms. The first-order valence-corrected chi connectivity index (χ1v) is 22.3. The van der Waals surface area contributed by atoms with Gasteiger partial charge < -0.3 is 24.2 Å². The fourth-order valence-corrected chi connectivity index (χ4v) is 11.5. The third-order valence-corrected chi connectivity index (χ3v) is 14.7. The monoisotopic (exact) mass is 976 g/mol. The van der Waals surface area contributed by atoms with Crippen LogP contribution in [0, 0.1) is 37.3 Å². The molecule has 0 N–H and O–H groups in total. The molecular formula is C55H51N5Pt. The average Bonchev–Trinajstić information content (AvgIpc) is 4.04. The quantitative estimate of drug-likeness (QED) is 0.154. The molecule has 1 unspecified atom stereocenters. The number of fused-ring (bicyclic) bond motifs is 6. The number of nitrogens with zero attached hydrogens (tertiary/aromatic N) is 5. The van der Waals surface area contributed by atoms with Gasteiger partial charge in [-0.05, 0) is 105 Å². The van der Waals surface area contributed by atoms with E-state index in [-0.39, 0.29) is 21.1 Å². The Hall–Kier alpha value is -5.25. The van der Waals surface area contributed by atoms with Crippen molar-refractivity contribution < 1.29 is 21.1 Å². The summed E-state index contributed by atoms with van der Waals surface area (Å²) in [6, 6.07) is 56.7. The molecule has 6 heteroatoms. The molecule has 0 amide bonds. The summed E-state index contributed by atoms with van der Waals surface area (Å²) < 4.78 is 2.51. The van der Waals surface area contributed by atoms with Crippen LogP contribution in [0.3, 0.4) is 0 Å². The van der Waals surface area contributed by atoms with Crippen LogP contribution in [0.2, 0.25) is 0 Å². The maximum atomic E-state index is 4.23. The summed E-state index contributed by atoms with van der Waals surface area (Å²) in [5, 5.41) is 2.53. The van der Waals surface area contributed by atoms with Crippen molar-refractivity contribution in [3.8, 4) is 5.69 Å². The molecule has 2 aliphatic carbocycles. The second-order valence-electron chi connectivity index (χ2n) is 18.2. The number of anilines is 4. The molecule has 1 atom stereocenters. The standard InChI is InChI=1S/C55H51N5.Pt/c1-38-22-26-42(27-23-38)56-32-33-57(36-56)44-15-10-14-41(34-44)55(40-12-4-3-5-13-40)48-18-11-17-47-46-16-6-7-19-50(46)60(54(47)48)51-31-30-45(35-49(51)55)59-37-58(43-28-24-39(2)25-29-43)52-20-8-9-21-53(52)59;/h3-21,30-33,36-39,42-43H,22-29H2,1-2H3;/q-4;+4. The summed E-state index contributed by atoms with van der Waals surface area (Å²) in [6.45, 7) is 9.47. The molecule has 306 valence electrons. The SMILES string of the molecule is CC1CCC(N2C=CN(c3[c-]c(C4(c5ccccc5)c5[c-]c(N6[CH-]N(C7CCC(C)CC7)c7ccccc76)ccc5-n5c6ccccc6c6cccc4c65)ccc3)[CH-]2)CC1.[Pt+4]. The number of para-hydroxylation sites is 4. The van der Waals surface area contributed by atoms with E-state index in [1.165, 1.54) is 95.7 Å². The van der Waals surface area contributed by atoms with E-state index in [0.29, 0.717) is 12.1 Å². The smallest absolute Gasteiger partial charge is 0.505 e. The maximum Gasteiger partial charge on any atom is 4.00 e. The number of hydrogen-bond donors (Lipinski definition) is 0. The fraction of sp³-hybridized carbons (Fsp3) is 0.273. The van der Waals surface area contributed by atoms with Gasteiger partial charge in [-0.1, -0.05) is 98.4 Å². The van der Waals surface area contributed by atoms with Crippen LogP contribution in [0.25, 0.3) is 27.5 Å². The number of aromatic nitrogens is 1. The van der Waals surface area contributed by atoms with E-state index in [9.17, 15) is 0 Å². The van der Waals surface area contributed by atoms with E-state index in [2.05, 4.69) is 203 Å². The first-order chi connectivity index (χ1) is 29.6. The summed E-state index contributed by atoms with van der Waals surface area (Å²) in [5.41, 5.74) is 12.2. The number of benzene rings is 6. The van der Waals surface area contributed by atoms with E-state index in [4.69, 9.17) is 0 Å². The van der Waals surface area contributed by atoms with Gasteiger partial charge in [0.1, 0.15) is 0 Å². The Kier molecular flexibility index (Phi) is 9.68. The molecule has 5 nitrogen and oxygen atoms in total. The Bertz CT molecular complexity index is 2770. The molecule has 7 aromatic rings. The molecule has 12 rings (SSSR count). The molecule has 1 aromatic heterocycles. The zero-order valence-electron chi connectivity index (χ0n) is 35.0. The van der Waals surface area contributed by atoms with Gasteiger partial charge in [0.2, 0.25) is 0 Å². The van der Waals surface area contributed by atoms with Crippen LogP contribution in [0.5, 0.6) is 0 Å². The van der Waals surface area contributed by atoms with Gasteiger partial charge in [-0.3, -0.25) is 0 Å². The topological polar surface area (TPSA) is 17.9 Å². The molecule has 5 aliphatic rings. The van der Waals surface area contributed by atoms with Crippen LogP contribution in [0.1, 0.15) is 87.5 Å². The second kappa shape index (κ2) is 15.3. The third kappa shape index (κ3) is 6.04. The molecule has 2 fully saturated rings. The molecule has 3 aliphatic heterocycles. The van der Waals surface area contributed by atoms with Crippen LogP contribution in [-0.4, -0.2) is 21.6 Å². The minimum Gasteiger partial charge on any atom is -0.505 e. The Morgan fingerprint density at radius 1 is 0.557 bits per heavy atom. The van der Waals surface area contributed by atoms with Crippen molar-refractivity contribution in [2.75, 3.05) is 14.7 Å². The van der Waals surface area contributed by atoms with E-state index in [1.807, 2.05) is 0 Å². The average molecular weight is 977 g/mol. The molecule has 0 bridgehead atoms. The normalized spacial score (nSPS) is 24.3. The van der Waals surface area contributed by atoms with Gasteiger partial charge >= 0.3 is 21.1 Å². The number of rotatable bonds is 6. The summed E-state index contributed by atoms with van der Waals surface area (Å²) >= 11 is 0. The van der Waals surface area contributed by atoms with Gasteiger partial charge in [0.05, 0.1) is 0 Å². The van der Waals surface area contributed by atoms with Gasteiger partial charge in [-0.2, -0.15) is 43.7 Å². The maximum absolute atomic E-state index is 4.23. The summed E-state index contributed by atoms with van der Waals surface area (Å²) in [6.07, 6.45) is 14.5. The molecule has 0 radical (unpaired) electrons. The molecular weight excluding hydrogens is 926 g/mol. The van der Waals surface area contributed by atoms with Gasteiger partial charge in [0.25, 0.3) is 0 Å². The second-order valence-corrected chi connectivity index (χ2v) is 18.2. The van der Waals surface area contributed by atoms with Gasteiger partial charge in [0.15, 0.2) is 0 Å². The Balaban J connectivity index is 0.00000420. The third-order valence-electron chi connectivity index (χ3n) is 14.7. The minimum absolute atomic E-state index is 0. The molecule has 6 aromatic carbocycles. The summed E-state index contributed by atoms with van der Waals surface area (Å²) in [7, 11) is 0. The van der Waals surface area contributed by atoms with E-state index in [0.717, 1.165) is 40.0 Å². The summed E-state index contributed by atoms with van der Waals surface area (Å²) in [5.74, 6) is 1.61. The minimum atomic E-state index is -0.729. The van der Waals surface area contributed by atoms with Crippen molar-refractivity contribution in [2.45, 2.75) is 82.7 Å². The van der Waals surface area contributed by atoms with Crippen molar-refractivity contribution in [1.82, 2.24) is 9.47 Å². The molecule has 4 heterocycles. The van der Waals surface area contributed by atoms with Gasteiger partial charge in [-0.25, -0.2) is 0 Å². The van der Waals surface area contributed by atoms with Crippen LogP contribution in [0.15, 0.2) is 140 Å².